The maximum absolute atomic E-state index is 11.8. The number of ether oxygens (including phenoxy) is 1. The molecule has 0 bridgehead atoms. The van der Waals surface area contributed by atoms with Crippen molar-refractivity contribution in [2.24, 2.45) is 5.92 Å². The van der Waals surface area contributed by atoms with Crippen molar-refractivity contribution >= 4 is 18.0 Å². The molecule has 1 aromatic rings. The number of hydrogen-bond acceptors (Lipinski definition) is 3. The van der Waals surface area contributed by atoms with Crippen LogP contribution in [0.15, 0.2) is 24.3 Å². The molecular weight excluding hydrogens is 270 g/mol. The molecule has 1 saturated heterocycles. The molecule has 5 nitrogen and oxygen atoms in total. The number of amides is 1. The normalized spacial score (nSPS) is 18.5. The van der Waals surface area contributed by atoms with Gasteiger partial charge in [-0.05, 0) is 29.7 Å². The Morgan fingerprint density at radius 1 is 1.52 bits per heavy atom. The fraction of sp³-hybridized carbons (Fsp3) is 0.375. The van der Waals surface area contributed by atoms with Crippen LogP contribution in [0.3, 0.4) is 0 Å². The molecule has 0 aliphatic carbocycles. The van der Waals surface area contributed by atoms with Crippen LogP contribution in [0.2, 0.25) is 0 Å². The fourth-order valence-electron chi connectivity index (χ4n) is 2.52. The molecule has 1 fully saturated rings. The summed E-state index contributed by atoms with van der Waals surface area (Å²) in [6.45, 7) is 3.37. The third-order valence-corrected chi connectivity index (χ3v) is 3.48. The average molecular weight is 289 g/mol. The lowest BCUT2D eigenvalue weighted by molar-refractivity contribution is -0.131. The zero-order valence-corrected chi connectivity index (χ0v) is 12.2. The van der Waals surface area contributed by atoms with E-state index in [1.54, 1.807) is 13.2 Å². The number of hydrogen-bond donors (Lipinski definition) is 1. The molecule has 112 valence electrons. The van der Waals surface area contributed by atoms with Gasteiger partial charge in [0.2, 0.25) is 5.91 Å². The third kappa shape index (κ3) is 3.84. The number of rotatable bonds is 5. The summed E-state index contributed by atoms with van der Waals surface area (Å²) < 4.78 is 5.22. The Kier molecular flexibility index (Phi) is 4.62. The molecule has 1 amide bonds. The van der Waals surface area contributed by atoms with E-state index in [9.17, 15) is 9.59 Å². The van der Waals surface area contributed by atoms with Crippen LogP contribution >= 0.6 is 0 Å². The van der Waals surface area contributed by atoms with Crippen LogP contribution in [-0.2, 0) is 16.1 Å². The van der Waals surface area contributed by atoms with Gasteiger partial charge in [-0.2, -0.15) is 0 Å². The minimum atomic E-state index is -1.01. The minimum absolute atomic E-state index is 0.168. The maximum Gasteiger partial charge on any atom is 0.328 e. The van der Waals surface area contributed by atoms with Gasteiger partial charge in [0.1, 0.15) is 5.75 Å². The maximum atomic E-state index is 11.8. The molecule has 1 aliphatic rings. The van der Waals surface area contributed by atoms with E-state index in [0.717, 1.165) is 18.2 Å². The van der Waals surface area contributed by atoms with E-state index in [1.165, 1.54) is 6.08 Å². The van der Waals surface area contributed by atoms with Crippen molar-refractivity contribution in [3.05, 3.63) is 35.4 Å². The number of nitrogens with zero attached hydrogens (tertiary/aromatic N) is 1. The summed E-state index contributed by atoms with van der Waals surface area (Å²) in [4.78, 5) is 24.3. The summed E-state index contributed by atoms with van der Waals surface area (Å²) in [5.41, 5.74) is 1.65. The molecular formula is C16H19NO4. The quantitative estimate of drug-likeness (QED) is 0.844. The monoisotopic (exact) mass is 289 g/mol. The zero-order valence-electron chi connectivity index (χ0n) is 12.2. The second kappa shape index (κ2) is 6.43. The summed E-state index contributed by atoms with van der Waals surface area (Å²) in [6.07, 6.45) is 3.17. The van der Waals surface area contributed by atoms with Gasteiger partial charge in [-0.15, -0.1) is 0 Å². The molecule has 0 saturated carbocycles. The highest BCUT2D eigenvalue weighted by Gasteiger charge is 2.26. The Morgan fingerprint density at radius 2 is 2.29 bits per heavy atom. The molecule has 0 radical (unpaired) electrons. The Morgan fingerprint density at radius 3 is 2.86 bits per heavy atom. The minimum Gasteiger partial charge on any atom is -0.496 e. The number of carboxylic acid groups (broad SMARTS) is 1. The van der Waals surface area contributed by atoms with Gasteiger partial charge in [-0.3, -0.25) is 4.79 Å². The van der Waals surface area contributed by atoms with Gasteiger partial charge >= 0.3 is 5.97 Å². The highest BCUT2D eigenvalue weighted by molar-refractivity contribution is 5.86. The molecule has 1 heterocycles. The average Bonchev–Trinajstić information content (AvgIpc) is 2.74. The van der Waals surface area contributed by atoms with Crippen molar-refractivity contribution in [2.45, 2.75) is 19.9 Å². The lowest BCUT2D eigenvalue weighted by Gasteiger charge is -2.17. The van der Waals surface area contributed by atoms with E-state index in [4.69, 9.17) is 9.84 Å². The fourth-order valence-corrected chi connectivity index (χ4v) is 2.52. The SMILES string of the molecule is COc1ccc(CN2CC(C)CC2=O)cc1C=CC(=O)O. The predicted octanol–water partition coefficient (Wildman–Crippen LogP) is 2.16. The number of benzene rings is 1. The molecule has 0 spiro atoms. The van der Waals surface area contributed by atoms with E-state index in [2.05, 4.69) is 6.92 Å². The Balaban J connectivity index is 2.19. The highest BCUT2D eigenvalue weighted by atomic mass is 16.5. The van der Waals surface area contributed by atoms with Crippen LogP contribution in [0.5, 0.6) is 5.75 Å². The zero-order chi connectivity index (χ0) is 15.4. The van der Waals surface area contributed by atoms with Crippen molar-refractivity contribution in [3.63, 3.8) is 0 Å². The molecule has 1 N–H and O–H groups in total. The molecule has 1 unspecified atom stereocenters. The topological polar surface area (TPSA) is 66.8 Å². The van der Waals surface area contributed by atoms with Crippen molar-refractivity contribution in [3.8, 4) is 5.75 Å². The number of likely N-dealkylation sites (tertiary alicyclic amines) is 1. The van der Waals surface area contributed by atoms with E-state index in [0.29, 0.717) is 30.2 Å². The van der Waals surface area contributed by atoms with E-state index in [-0.39, 0.29) is 5.91 Å². The summed E-state index contributed by atoms with van der Waals surface area (Å²) in [5, 5.41) is 8.72. The standard InChI is InChI=1S/C16H19NO4/c1-11-7-15(18)17(9-11)10-12-3-5-14(21-2)13(8-12)4-6-16(19)20/h3-6,8,11H,7,9-10H2,1-2H3,(H,19,20). The first-order valence-corrected chi connectivity index (χ1v) is 6.85. The summed E-state index contributed by atoms with van der Waals surface area (Å²) in [7, 11) is 1.54. The number of carboxylic acids is 1. The van der Waals surface area contributed by atoms with E-state index in [1.807, 2.05) is 17.0 Å². The van der Waals surface area contributed by atoms with Gasteiger partial charge in [0.25, 0.3) is 0 Å². The van der Waals surface area contributed by atoms with Crippen LogP contribution in [-0.4, -0.2) is 35.5 Å². The Hall–Kier alpha value is -2.30. The number of carbonyl (C=O) groups excluding carboxylic acids is 1. The molecule has 0 aromatic heterocycles. The first-order valence-electron chi connectivity index (χ1n) is 6.85. The van der Waals surface area contributed by atoms with E-state index >= 15 is 0 Å². The lowest BCUT2D eigenvalue weighted by atomic mass is 10.1. The summed E-state index contributed by atoms with van der Waals surface area (Å²) in [6, 6.07) is 5.54. The second-order valence-corrected chi connectivity index (χ2v) is 5.33. The first-order chi connectivity index (χ1) is 9.99. The molecule has 2 rings (SSSR count). The lowest BCUT2D eigenvalue weighted by Crippen LogP contribution is -2.24. The molecule has 21 heavy (non-hydrogen) atoms. The largest absolute Gasteiger partial charge is 0.496 e. The molecule has 1 aromatic carbocycles. The second-order valence-electron chi connectivity index (χ2n) is 5.33. The highest BCUT2D eigenvalue weighted by Crippen LogP contribution is 2.24. The van der Waals surface area contributed by atoms with Crippen LogP contribution in [0.1, 0.15) is 24.5 Å². The van der Waals surface area contributed by atoms with E-state index < -0.39 is 5.97 Å². The van der Waals surface area contributed by atoms with Gasteiger partial charge < -0.3 is 14.7 Å². The van der Waals surface area contributed by atoms with Gasteiger partial charge in [0, 0.05) is 31.1 Å². The van der Waals surface area contributed by atoms with Gasteiger partial charge in [-0.1, -0.05) is 13.0 Å². The van der Waals surface area contributed by atoms with Gasteiger partial charge in [0.15, 0.2) is 0 Å². The van der Waals surface area contributed by atoms with Gasteiger partial charge in [0.05, 0.1) is 7.11 Å². The predicted molar refractivity (Wildman–Crippen MR) is 78.9 cm³/mol. The third-order valence-electron chi connectivity index (χ3n) is 3.48. The molecule has 5 heteroatoms. The molecule has 1 atom stereocenters. The first kappa shape index (κ1) is 15.1. The van der Waals surface area contributed by atoms with Crippen LogP contribution in [0.25, 0.3) is 6.08 Å². The van der Waals surface area contributed by atoms with Crippen molar-refractivity contribution in [1.82, 2.24) is 4.90 Å². The number of aliphatic carboxylic acids is 1. The van der Waals surface area contributed by atoms with Crippen molar-refractivity contribution < 1.29 is 19.4 Å². The van der Waals surface area contributed by atoms with Crippen LogP contribution in [0, 0.1) is 5.92 Å². The van der Waals surface area contributed by atoms with Crippen molar-refractivity contribution in [2.75, 3.05) is 13.7 Å². The summed E-state index contributed by atoms with van der Waals surface area (Å²) >= 11 is 0. The Labute approximate surface area is 123 Å². The number of carbonyl (C=O) groups is 2. The van der Waals surface area contributed by atoms with Crippen molar-refractivity contribution in [1.29, 1.82) is 0 Å². The molecule has 1 aliphatic heterocycles. The summed E-state index contributed by atoms with van der Waals surface area (Å²) in [5.74, 6) is 0.159. The van der Waals surface area contributed by atoms with Gasteiger partial charge in [-0.25, -0.2) is 4.79 Å². The Bertz CT molecular complexity index is 580. The van der Waals surface area contributed by atoms with Crippen LogP contribution in [0.4, 0.5) is 0 Å². The van der Waals surface area contributed by atoms with Crippen LogP contribution < -0.4 is 4.74 Å². The number of methoxy groups -OCH3 is 1. The smallest absolute Gasteiger partial charge is 0.328 e.